The summed E-state index contributed by atoms with van der Waals surface area (Å²) in [5.41, 5.74) is 0.741. The van der Waals surface area contributed by atoms with Gasteiger partial charge >= 0.3 is 0 Å². The molecule has 0 fully saturated rings. The first-order valence-corrected chi connectivity index (χ1v) is 6.20. The Morgan fingerprint density at radius 1 is 1.47 bits per heavy atom. The van der Waals surface area contributed by atoms with Crippen LogP contribution < -0.4 is 5.32 Å². The molecule has 1 atom stereocenters. The Kier molecular flexibility index (Phi) is 3.78. The molecular formula is C11H16ClN5. The highest BCUT2D eigenvalue weighted by atomic mass is 35.5. The molecule has 17 heavy (non-hydrogen) atoms. The monoisotopic (exact) mass is 253 g/mol. The van der Waals surface area contributed by atoms with E-state index in [0.717, 1.165) is 30.1 Å². The van der Waals surface area contributed by atoms with Gasteiger partial charge in [0.2, 0.25) is 5.65 Å². The van der Waals surface area contributed by atoms with Crippen molar-refractivity contribution in [3.8, 4) is 0 Å². The van der Waals surface area contributed by atoms with Gasteiger partial charge in [-0.05, 0) is 13.3 Å². The Morgan fingerprint density at radius 2 is 2.29 bits per heavy atom. The van der Waals surface area contributed by atoms with Gasteiger partial charge in [-0.25, -0.2) is 4.98 Å². The maximum absolute atomic E-state index is 6.15. The van der Waals surface area contributed by atoms with Gasteiger partial charge in [0.15, 0.2) is 5.82 Å². The molecule has 0 aliphatic carbocycles. The topological polar surface area (TPSA) is 55.1 Å². The van der Waals surface area contributed by atoms with Crippen molar-refractivity contribution in [1.82, 2.24) is 19.6 Å². The highest BCUT2D eigenvalue weighted by molar-refractivity contribution is 6.20. The zero-order valence-electron chi connectivity index (χ0n) is 10.0. The highest BCUT2D eigenvalue weighted by Crippen LogP contribution is 2.13. The second-order valence-corrected chi connectivity index (χ2v) is 4.60. The minimum atomic E-state index is 0.117. The number of fused-ring (bicyclic) bond motifs is 1. The molecule has 2 rings (SSSR count). The van der Waals surface area contributed by atoms with Gasteiger partial charge in [0.1, 0.15) is 5.82 Å². The number of alkyl halides is 1. The Labute approximate surface area is 105 Å². The van der Waals surface area contributed by atoms with Crippen LogP contribution in [0.4, 0.5) is 5.82 Å². The van der Waals surface area contributed by atoms with E-state index >= 15 is 0 Å². The van der Waals surface area contributed by atoms with Crippen molar-refractivity contribution in [2.45, 2.75) is 32.1 Å². The van der Waals surface area contributed by atoms with Crippen molar-refractivity contribution in [2.24, 2.45) is 0 Å². The van der Waals surface area contributed by atoms with Crippen LogP contribution in [-0.4, -0.2) is 31.5 Å². The van der Waals surface area contributed by atoms with E-state index in [4.69, 9.17) is 11.6 Å². The van der Waals surface area contributed by atoms with Gasteiger partial charge in [-0.2, -0.15) is 0 Å². The molecule has 0 bridgehead atoms. The molecule has 6 heteroatoms. The molecular weight excluding hydrogens is 238 g/mol. The van der Waals surface area contributed by atoms with Gasteiger partial charge in [-0.15, -0.1) is 21.8 Å². The van der Waals surface area contributed by atoms with E-state index < -0.39 is 0 Å². The number of hydrogen-bond donors (Lipinski definition) is 1. The number of hydrogen-bond acceptors (Lipinski definition) is 4. The predicted octanol–water partition coefficient (Wildman–Crippen LogP) is 2.25. The minimum absolute atomic E-state index is 0.117. The Hall–Kier alpha value is -1.36. The van der Waals surface area contributed by atoms with Crippen molar-refractivity contribution in [3.05, 3.63) is 18.2 Å². The Bertz CT molecular complexity index is 496. The lowest BCUT2D eigenvalue weighted by molar-refractivity contribution is 0.750. The van der Waals surface area contributed by atoms with Crippen molar-refractivity contribution < 1.29 is 0 Å². The number of halogens is 1. The number of nitrogens with one attached hydrogen (secondary N) is 1. The third kappa shape index (κ3) is 2.66. The molecule has 0 aliphatic heterocycles. The number of nitrogens with zero attached hydrogens (tertiary/aromatic N) is 4. The highest BCUT2D eigenvalue weighted by Gasteiger charge is 2.09. The van der Waals surface area contributed by atoms with E-state index in [2.05, 4.69) is 27.4 Å². The smallest absolute Gasteiger partial charge is 0.203 e. The fourth-order valence-corrected chi connectivity index (χ4v) is 1.98. The van der Waals surface area contributed by atoms with E-state index in [0.29, 0.717) is 6.54 Å². The van der Waals surface area contributed by atoms with Gasteiger partial charge in [0.05, 0.1) is 5.38 Å². The molecule has 0 spiro atoms. The maximum atomic E-state index is 6.15. The minimum Gasteiger partial charge on any atom is -0.365 e. The van der Waals surface area contributed by atoms with Crippen LogP contribution in [-0.2, 0) is 0 Å². The molecule has 1 unspecified atom stereocenters. The van der Waals surface area contributed by atoms with Crippen molar-refractivity contribution in [2.75, 3.05) is 11.9 Å². The summed E-state index contributed by atoms with van der Waals surface area (Å²) in [6, 6.07) is 0. The number of anilines is 1. The summed E-state index contributed by atoms with van der Waals surface area (Å²) >= 11 is 6.15. The average molecular weight is 254 g/mol. The molecule has 0 amide bonds. The van der Waals surface area contributed by atoms with Gasteiger partial charge in [0, 0.05) is 18.9 Å². The molecule has 1 N–H and O–H groups in total. The summed E-state index contributed by atoms with van der Waals surface area (Å²) in [7, 11) is 0. The Morgan fingerprint density at radius 3 is 3.06 bits per heavy atom. The summed E-state index contributed by atoms with van der Waals surface area (Å²) in [6.07, 6.45) is 5.65. The predicted molar refractivity (Wildman–Crippen MR) is 68.6 cm³/mol. The van der Waals surface area contributed by atoms with Crippen LogP contribution in [0.5, 0.6) is 0 Å². The van der Waals surface area contributed by atoms with E-state index in [1.165, 1.54) is 0 Å². The van der Waals surface area contributed by atoms with E-state index in [9.17, 15) is 0 Å². The fourth-order valence-electron chi connectivity index (χ4n) is 1.69. The molecule has 2 aromatic heterocycles. The van der Waals surface area contributed by atoms with Crippen LogP contribution in [0.3, 0.4) is 0 Å². The van der Waals surface area contributed by atoms with Gasteiger partial charge in [-0.3, -0.25) is 4.40 Å². The first-order chi connectivity index (χ1) is 8.22. The molecule has 5 nitrogen and oxygen atoms in total. The SMILES string of the molecule is CCCC(Cl)CNc1nccn2c(C)nnc12. The summed E-state index contributed by atoms with van der Waals surface area (Å²) in [5, 5.41) is 11.4. The van der Waals surface area contributed by atoms with Crippen molar-refractivity contribution in [1.29, 1.82) is 0 Å². The number of aryl methyl sites for hydroxylation is 1. The van der Waals surface area contributed by atoms with Crippen LogP contribution >= 0.6 is 11.6 Å². The zero-order chi connectivity index (χ0) is 12.3. The second kappa shape index (κ2) is 5.31. The van der Waals surface area contributed by atoms with Gasteiger partial charge in [0.25, 0.3) is 0 Å². The number of aromatic nitrogens is 4. The molecule has 92 valence electrons. The summed E-state index contributed by atoms with van der Waals surface area (Å²) in [5.74, 6) is 1.58. The quantitative estimate of drug-likeness (QED) is 0.831. The standard InChI is InChI=1S/C11H16ClN5/c1-3-4-9(12)7-14-10-11-16-15-8(2)17(11)6-5-13-10/h5-6,9H,3-4,7H2,1-2H3,(H,13,14). The van der Waals surface area contributed by atoms with Gasteiger partial charge in [-0.1, -0.05) is 13.3 Å². The van der Waals surface area contributed by atoms with Crippen LogP contribution in [0.25, 0.3) is 5.65 Å². The summed E-state index contributed by atoms with van der Waals surface area (Å²) in [6.45, 7) is 4.72. The average Bonchev–Trinajstić information content (AvgIpc) is 2.70. The first kappa shape index (κ1) is 12.1. The summed E-state index contributed by atoms with van der Waals surface area (Å²) < 4.78 is 1.90. The zero-order valence-corrected chi connectivity index (χ0v) is 10.8. The molecule has 0 saturated carbocycles. The van der Waals surface area contributed by atoms with Crippen LogP contribution in [0.2, 0.25) is 0 Å². The van der Waals surface area contributed by atoms with Crippen LogP contribution in [0, 0.1) is 6.92 Å². The van der Waals surface area contributed by atoms with E-state index in [1.807, 2.05) is 17.5 Å². The lowest BCUT2D eigenvalue weighted by Gasteiger charge is -2.10. The molecule has 0 aromatic carbocycles. The Balaban J connectivity index is 2.13. The summed E-state index contributed by atoms with van der Waals surface area (Å²) in [4.78, 5) is 4.26. The third-order valence-electron chi connectivity index (χ3n) is 2.59. The first-order valence-electron chi connectivity index (χ1n) is 5.76. The number of rotatable bonds is 5. The van der Waals surface area contributed by atoms with Crippen LogP contribution in [0.15, 0.2) is 12.4 Å². The molecule has 2 heterocycles. The lowest BCUT2D eigenvalue weighted by atomic mass is 10.2. The molecule has 0 radical (unpaired) electrons. The normalized spacial score (nSPS) is 12.9. The molecule has 2 aromatic rings. The van der Waals surface area contributed by atoms with E-state index in [1.54, 1.807) is 6.20 Å². The third-order valence-corrected chi connectivity index (χ3v) is 2.96. The maximum Gasteiger partial charge on any atom is 0.203 e. The second-order valence-electron chi connectivity index (χ2n) is 3.98. The molecule has 0 aliphatic rings. The fraction of sp³-hybridized carbons (Fsp3) is 0.545. The lowest BCUT2D eigenvalue weighted by Crippen LogP contribution is -2.15. The van der Waals surface area contributed by atoms with Crippen molar-refractivity contribution >= 4 is 23.1 Å². The van der Waals surface area contributed by atoms with Crippen molar-refractivity contribution in [3.63, 3.8) is 0 Å². The largest absolute Gasteiger partial charge is 0.365 e. The van der Waals surface area contributed by atoms with E-state index in [-0.39, 0.29) is 5.38 Å². The van der Waals surface area contributed by atoms with Gasteiger partial charge < -0.3 is 5.32 Å². The molecule has 0 saturated heterocycles. The van der Waals surface area contributed by atoms with Crippen LogP contribution in [0.1, 0.15) is 25.6 Å².